The predicted molar refractivity (Wildman–Crippen MR) is 42.3 cm³/mol. The maximum absolute atomic E-state index is 11.2. The zero-order valence-corrected chi connectivity index (χ0v) is 7.19. The molecule has 0 aromatic carbocycles. The van der Waals surface area contributed by atoms with Gasteiger partial charge in [0.2, 0.25) is 0 Å². The molecule has 0 spiro atoms. The van der Waals surface area contributed by atoms with Crippen LogP contribution in [0.4, 0.5) is 0 Å². The zero-order chi connectivity index (χ0) is 8.72. The molecule has 0 aliphatic heterocycles. The summed E-state index contributed by atoms with van der Waals surface area (Å²) in [5, 5.41) is 9.53. The van der Waals surface area contributed by atoms with Crippen molar-refractivity contribution in [3.8, 4) is 0 Å². The summed E-state index contributed by atoms with van der Waals surface area (Å²) in [5.41, 5.74) is 0. The van der Waals surface area contributed by atoms with Crippen molar-refractivity contribution in [2.75, 3.05) is 7.11 Å². The standard InChI is InChI=1S/C9H14O3/c1-12-9(11)7-3-5-2-6(7)8(10)4-5/h5-8,10H,2-4H2,1H3/t5-,6+,7+,8+/m1/s1. The summed E-state index contributed by atoms with van der Waals surface area (Å²) in [7, 11) is 1.42. The van der Waals surface area contributed by atoms with Gasteiger partial charge in [0.1, 0.15) is 0 Å². The van der Waals surface area contributed by atoms with Crippen LogP contribution in [0.3, 0.4) is 0 Å². The molecule has 12 heavy (non-hydrogen) atoms. The van der Waals surface area contributed by atoms with E-state index in [9.17, 15) is 9.90 Å². The molecule has 2 fully saturated rings. The molecule has 2 aliphatic rings. The van der Waals surface area contributed by atoms with Crippen molar-refractivity contribution >= 4 is 5.97 Å². The van der Waals surface area contributed by atoms with Crippen molar-refractivity contribution in [2.45, 2.75) is 25.4 Å². The van der Waals surface area contributed by atoms with Gasteiger partial charge in [-0.1, -0.05) is 0 Å². The van der Waals surface area contributed by atoms with E-state index in [1.807, 2.05) is 0 Å². The Morgan fingerprint density at radius 3 is 2.67 bits per heavy atom. The molecule has 2 bridgehead atoms. The number of fused-ring (bicyclic) bond motifs is 2. The third-order valence-electron chi connectivity index (χ3n) is 3.28. The summed E-state index contributed by atoms with van der Waals surface area (Å²) >= 11 is 0. The molecule has 0 radical (unpaired) electrons. The first-order chi connectivity index (χ1) is 5.72. The van der Waals surface area contributed by atoms with E-state index in [2.05, 4.69) is 4.74 Å². The number of esters is 1. The Hall–Kier alpha value is -0.570. The number of ether oxygens (including phenoxy) is 1. The molecule has 3 nitrogen and oxygen atoms in total. The van der Waals surface area contributed by atoms with Crippen LogP contribution < -0.4 is 0 Å². The third-order valence-corrected chi connectivity index (χ3v) is 3.28. The predicted octanol–water partition coefficient (Wildman–Crippen LogP) is 0.566. The van der Waals surface area contributed by atoms with Gasteiger partial charge in [0.15, 0.2) is 0 Å². The van der Waals surface area contributed by atoms with Crippen LogP contribution in [-0.2, 0) is 9.53 Å². The molecule has 0 saturated heterocycles. The van der Waals surface area contributed by atoms with Crippen molar-refractivity contribution in [3.05, 3.63) is 0 Å². The van der Waals surface area contributed by atoms with Gasteiger partial charge in [0.25, 0.3) is 0 Å². The molecule has 1 N–H and O–H groups in total. The molecule has 2 aliphatic carbocycles. The molecule has 0 aromatic heterocycles. The number of hydrogen-bond acceptors (Lipinski definition) is 3. The Morgan fingerprint density at radius 1 is 1.42 bits per heavy atom. The van der Waals surface area contributed by atoms with Gasteiger partial charge >= 0.3 is 5.97 Å². The fourth-order valence-corrected chi connectivity index (χ4v) is 2.74. The van der Waals surface area contributed by atoms with E-state index in [0.29, 0.717) is 5.92 Å². The molecular weight excluding hydrogens is 156 g/mol. The first-order valence-electron chi connectivity index (χ1n) is 4.48. The Bertz CT molecular complexity index is 202. The summed E-state index contributed by atoms with van der Waals surface area (Å²) in [4.78, 5) is 11.2. The van der Waals surface area contributed by atoms with Crippen LogP contribution in [0.2, 0.25) is 0 Å². The lowest BCUT2D eigenvalue weighted by atomic mass is 9.87. The number of aliphatic hydroxyl groups is 1. The molecule has 2 rings (SSSR count). The molecule has 0 heterocycles. The zero-order valence-electron chi connectivity index (χ0n) is 7.19. The maximum Gasteiger partial charge on any atom is 0.309 e. The van der Waals surface area contributed by atoms with Crippen molar-refractivity contribution in [1.29, 1.82) is 0 Å². The fourth-order valence-electron chi connectivity index (χ4n) is 2.74. The summed E-state index contributed by atoms with van der Waals surface area (Å²) < 4.78 is 4.69. The maximum atomic E-state index is 11.2. The minimum absolute atomic E-state index is 0.0243. The first-order valence-corrected chi connectivity index (χ1v) is 4.48. The quantitative estimate of drug-likeness (QED) is 0.585. The van der Waals surface area contributed by atoms with Crippen LogP contribution in [0.25, 0.3) is 0 Å². The third kappa shape index (κ3) is 1.04. The van der Waals surface area contributed by atoms with E-state index in [1.54, 1.807) is 0 Å². The Labute approximate surface area is 71.7 Å². The highest BCUT2D eigenvalue weighted by molar-refractivity contribution is 5.73. The van der Waals surface area contributed by atoms with E-state index < -0.39 is 0 Å². The van der Waals surface area contributed by atoms with Gasteiger partial charge < -0.3 is 9.84 Å². The number of carbonyl (C=O) groups is 1. The minimum atomic E-state index is -0.257. The summed E-state index contributed by atoms with van der Waals surface area (Å²) in [6.07, 6.45) is 2.57. The van der Waals surface area contributed by atoms with Crippen LogP contribution >= 0.6 is 0 Å². The van der Waals surface area contributed by atoms with Gasteiger partial charge in [-0.25, -0.2) is 0 Å². The van der Waals surface area contributed by atoms with Crippen LogP contribution in [0.1, 0.15) is 19.3 Å². The largest absolute Gasteiger partial charge is 0.469 e. The summed E-state index contributed by atoms with van der Waals surface area (Å²) in [6.45, 7) is 0. The molecule has 0 aromatic rings. The van der Waals surface area contributed by atoms with E-state index >= 15 is 0 Å². The summed E-state index contributed by atoms with van der Waals surface area (Å²) in [6, 6.07) is 0. The molecular formula is C9H14O3. The molecule has 2 saturated carbocycles. The lowest BCUT2D eigenvalue weighted by Crippen LogP contribution is -2.30. The average molecular weight is 170 g/mol. The van der Waals surface area contributed by atoms with Gasteiger partial charge in [-0.2, -0.15) is 0 Å². The smallest absolute Gasteiger partial charge is 0.309 e. The van der Waals surface area contributed by atoms with Crippen LogP contribution in [0.15, 0.2) is 0 Å². The van der Waals surface area contributed by atoms with Gasteiger partial charge in [0, 0.05) is 0 Å². The number of hydrogen-bond donors (Lipinski definition) is 1. The topological polar surface area (TPSA) is 46.5 Å². The van der Waals surface area contributed by atoms with Crippen molar-refractivity contribution in [2.24, 2.45) is 17.8 Å². The van der Waals surface area contributed by atoms with Crippen molar-refractivity contribution in [3.63, 3.8) is 0 Å². The second kappa shape index (κ2) is 2.73. The van der Waals surface area contributed by atoms with E-state index in [4.69, 9.17) is 0 Å². The average Bonchev–Trinajstić information content (AvgIpc) is 2.60. The lowest BCUT2D eigenvalue weighted by Gasteiger charge is -2.23. The Morgan fingerprint density at radius 2 is 2.17 bits per heavy atom. The number of carbonyl (C=O) groups excluding carboxylic acids is 1. The van der Waals surface area contributed by atoms with Gasteiger partial charge in [-0.3, -0.25) is 4.79 Å². The Kier molecular flexibility index (Phi) is 1.83. The Balaban J connectivity index is 2.07. The molecule has 68 valence electrons. The second-order valence-electron chi connectivity index (χ2n) is 3.93. The van der Waals surface area contributed by atoms with Gasteiger partial charge in [-0.15, -0.1) is 0 Å². The number of aliphatic hydroxyl groups excluding tert-OH is 1. The van der Waals surface area contributed by atoms with Crippen molar-refractivity contribution < 1.29 is 14.6 Å². The normalized spacial score (nSPS) is 44.8. The van der Waals surface area contributed by atoms with Crippen molar-refractivity contribution in [1.82, 2.24) is 0 Å². The van der Waals surface area contributed by atoms with Crippen LogP contribution in [-0.4, -0.2) is 24.3 Å². The van der Waals surface area contributed by atoms with Gasteiger partial charge in [0.05, 0.1) is 19.1 Å². The molecule has 4 atom stereocenters. The highest BCUT2D eigenvalue weighted by Crippen LogP contribution is 2.48. The molecule has 0 amide bonds. The number of rotatable bonds is 1. The van der Waals surface area contributed by atoms with E-state index in [0.717, 1.165) is 19.3 Å². The second-order valence-corrected chi connectivity index (χ2v) is 3.93. The molecule has 0 unspecified atom stereocenters. The van der Waals surface area contributed by atoms with Gasteiger partial charge in [-0.05, 0) is 31.1 Å². The van der Waals surface area contributed by atoms with E-state index in [1.165, 1.54) is 7.11 Å². The lowest BCUT2D eigenvalue weighted by molar-refractivity contribution is -0.149. The number of methoxy groups -OCH3 is 1. The highest BCUT2D eigenvalue weighted by atomic mass is 16.5. The SMILES string of the molecule is COC(=O)[C@H]1C[C@H]2C[C@@H]1[C@@H](O)C2. The van der Waals surface area contributed by atoms with Crippen LogP contribution in [0, 0.1) is 17.8 Å². The fraction of sp³-hybridized carbons (Fsp3) is 0.889. The summed E-state index contributed by atoms with van der Waals surface area (Å²) in [5.74, 6) is 0.585. The first kappa shape index (κ1) is 8.05. The monoisotopic (exact) mass is 170 g/mol. The van der Waals surface area contributed by atoms with Crippen LogP contribution in [0.5, 0.6) is 0 Å². The molecule has 3 heteroatoms. The van der Waals surface area contributed by atoms with E-state index in [-0.39, 0.29) is 23.9 Å². The highest BCUT2D eigenvalue weighted by Gasteiger charge is 2.48. The minimum Gasteiger partial charge on any atom is -0.469 e.